The van der Waals surface area contributed by atoms with Crippen LogP contribution in [0.3, 0.4) is 0 Å². The maximum atomic E-state index is 3.40. The highest BCUT2D eigenvalue weighted by Gasteiger charge is 2.31. The van der Waals surface area contributed by atoms with E-state index in [1.54, 1.807) is 0 Å². The Morgan fingerprint density at radius 2 is 2.13 bits per heavy atom. The first-order chi connectivity index (χ1) is 7.31. The van der Waals surface area contributed by atoms with E-state index in [0.717, 1.165) is 6.04 Å². The summed E-state index contributed by atoms with van der Waals surface area (Å²) in [5, 5.41) is 0. The summed E-state index contributed by atoms with van der Waals surface area (Å²) in [6.45, 7) is 8.04. The van der Waals surface area contributed by atoms with Crippen molar-refractivity contribution in [1.82, 2.24) is 9.88 Å². The Bertz CT molecular complexity index is 316. The molecular weight excluding hydrogens is 184 g/mol. The first-order valence-corrected chi connectivity index (χ1v) is 6.23. The second-order valence-electron chi connectivity index (χ2n) is 4.43. The van der Waals surface area contributed by atoms with Crippen LogP contribution in [0.15, 0.2) is 12.3 Å². The van der Waals surface area contributed by atoms with Crippen LogP contribution in [-0.4, -0.2) is 22.5 Å². The van der Waals surface area contributed by atoms with Gasteiger partial charge in [-0.05, 0) is 31.0 Å². The van der Waals surface area contributed by atoms with Gasteiger partial charge in [0, 0.05) is 30.4 Å². The molecule has 0 aliphatic carbocycles. The van der Waals surface area contributed by atoms with Crippen LogP contribution in [0.25, 0.3) is 0 Å². The van der Waals surface area contributed by atoms with Crippen molar-refractivity contribution in [1.29, 1.82) is 0 Å². The summed E-state index contributed by atoms with van der Waals surface area (Å²) in [7, 11) is 0. The number of aromatic amines is 1. The summed E-state index contributed by atoms with van der Waals surface area (Å²) in [5.74, 6) is 0. The maximum Gasteiger partial charge on any atom is 0.0366 e. The smallest absolute Gasteiger partial charge is 0.0366 e. The number of rotatable bonds is 3. The molecule has 1 aromatic rings. The van der Waals surface area contributed by atoms with E-state index in [1.807, 2.05) is 0 Å². The molecule has 0 aromatic carbocycles. The zero-order chi connectivity index (χ0) is 10.8. The number of likely N-dealkylation sites (N-methyl/N-ethyl adjacent to an activating group) is 1. The molecule has 2 heterocycles. The predicted octanol–water partition coefficient (Wildman–Crippen LogP) is 3.12. The lowest BCUT2D eigenvalue weighted by molar-refractivity contribution is 0.117. The molecule has 1 N–H and O–H groups in total. The topological polar surface area (TPSA) is 19.0 Å². The lowest BCUT2D eigenvalue weighted by Gasteiger charge is -2.41. The van der Waals surface area contributed by atoms with Crippen LogP contribution in [-0.2, 0) is 6.42 Å². The van der Waals surface area contributed by atoms with Crippen molar-refractivity contribution >= 4 is 0 Å². The number of hydrogen-bond acceptors (Lipinski definition) is 1. The van der Waals surface area contributed by atoms with Crippen LogP contribution in [0.2, 0.25) is 0 Å². The Hall–Kier alpha value is -0.760. The molecule has 0 saturated carbocycles. The Morgan fingerprint density at radius 1 is 1.33 bits per heavy atom. The second kappa shape index (κ2) is 4.40. The van der Waals surface area contributed by atoms with Gasteiger partial charge in [-0.2, -0.15) is 0 Å². The highest BCUT2D eigenvalue weighted by atomic mass is 15.2. The van der Waals surface area contributed by atoms with Gasteiger partial charge in [0.2, 0.25) is 0 Å². The Kier molecular flexibility index (Phi) is 3.15. The molecule has 15 heavy (non-hydrogen) atoms. The van der Waals surface area contributed by atoms with E-state index in [2.05, 4.69) is 42.9 Å². The minimum absolute atomic E-state index is 0.634. The summed E-state index contributed by atoms with van der Waals surface area (Å²) in [5.41, 5.74) is 3.00. The molecule has 2 heteroatoms. The Morgan fingerprint density at radius 3 is 2.73 bits per heavy atom. The zero-order valence-electron chi connectivity index (χ0n) is 10.1. The molecular formula is C13H22N2. The van der Waals surface area contributed by atoms with E-state index in [-0.39, 0.29) is 0 Å². The number of nitrogens with zero attached hydrogens (tertiary/aromatic N) is 1. The molecule has 1 aromatic heterocycles. The monoisotopic (exact) mass is 206 g/mol. The molecule has 0 saturated heterocycles. The van der Waals surface area contributed by atoms with Crippen molar-refractivity contribution in [3.63, 3.8) is 0 Å². The molecule has 2 nitrogen and oxygen atoms in total. The zero-order valence-corrected chi connectivity index (χ0v) is 10.1. The van der Waals surface area contributed by atoms with Crippen molar-refractivity contribution in [3.8, 4) is 0 Å². The summed E-state index contributed by atoms with van der Waals surface area (Å²) in [6.07, 6.45) is 5.76. The highest BCUT2D eigenvalue weighted by molar-refractivity contribution is 5.28. The van der Waals surface area contributed by atoms with E-state index in [1.165, 1.54) is 37.1 Å². The summed E-state index contributed by atoms with van der Waals surface area (Å²) >= 11 is 0. The first-order valence-electron chi connectivity index (χ1n) is 6.23. The molecule has 2 atom stereocenters. The van der Waals surface area contributed by atoms with Gasteiger partial charge in [-0.25, -0.2) is 0 Å². The van der Waals surface area contributed by atoms with Gasteiger partial charge in [-0.3, -0.25) is 4.90 Å². The third-order valence-corrected chi connectivity index (χ3v) is 3.76. The fourth-order valence-corrected chi connectivity index (χ4v) is 3.00. The number of fused-ring (bicyclic) bond motifs is 1. The van der Waals surface area contributed by atoms with Gasteiger partial charge in [0.15, 0.2) is 0 Å². The number of hydrogen-bond donors (Lipinski definition) is 1. The highest BCUT2D eigenvalue weighted by Crippen LogP contribution is 2.35. The summed E-state index contributed by atoms with van der Waals surface area (Å²) < 4.78 is 0. The van der Waals surface area contributed by atoms with Gasteiger partial charge < -0.3 is 4.98 Å². The van der Waals surface area contributed by atoms with E-state index in [0.29, 0.717) is 6.04 Å². The SMILES string of the molecule is CC[C@H]1Cc2[nH]ccc2[C@@H](CC)N1CC. The Labute approximate surface area is 92.7 Å². The number of aromatic nitrogens is 1. The molecule has 0 unspecified atom stereocenters. The van der Waals surface area contributed by atoms with Crippen molar-refractivity contribution in [2.45, 2.75) is 52.1 Å². The van der Waals surface area contributed by atoms with E-state index >= 15 is 0 Å². The number of H-pyrrole nitrogens is 1. The van der Waals surface area contributed by atoms with Gasteiger partial charge in [0.25, 0.3) is 0 Å². The van der Waals surface area contributed by atoms with Crippen LogP contribution >= 0.6 is 0 Å². The molecule has 84 valence electrons. The summed E-state index contributed by atoms with van der Waals surface area (Å²) in [6, 6.07) is 3.62. The van der Waals surface area contributed by atoms with Gasteiger partial charge >= 0.3 is 0 Å². The molecule has 0 amide bonds. The van der Waals surface area contributed by atoms with Crippen LogP contribution < -0.4 is 0 Å². The molecule has 1 aliphatic rings. The second-order valence-corrected chi connectivity index (χ2v) is 4.43. The standard InChI is InChI=1S/C13H22N2/c1-4-10-9-12-11(7-8-14-12)13(5-2)15(10)6-3/h7-8,10,13-14H,4-6,9H2,1-3H3/t10-,13+/m0/s1. The maximum absolute atomic E-state index is 3.40. The third-order valence-electron chi connectivity index (χ3n) is 3.76. The average molecular weight is 206 g/mol. The fraction of sp³-hybridized carbons (Fsp3) is 0.692. The number of nitrogens with one attached hydrogen (secondary N) is 1. The molecule has 0 bridgehead atoms. The quantitative estimate of drug-likeness (QED) is 0.805. The van der Waals surface area contributed by atoms with Crippen molar-refractivity contribution < 1.29 is 0 Å². The van der Waals surface area contributed by atoms with Gasteiger partial charge in [0.1, 0.15) is 0 Å². The molecule has 2 rings (SSSR count). The third kappa shape index (κ3) is 1.71. The molecule has 0 fully saturated rings. The molecule has 0 radical (unpaired) electrons. The first kappa shape index (κ1) is 10.7. The van der Waals surface area contributed by atoms with Gasteiger partial charge in [-0.15, -0.1) is 0 Å². The molecule has 1 aliphatic heterocycles. The predicted molar refractivity (Wildman–Crippen MR) is 64.0 cm³/mol. The fourth-order valence-electron chi connectivity index (χ4n) is 3.00. The largest absolute Gasteiger partial charge is 0.365 e. The van der Waals surface area contributed by atoms with Crippen LogP contribution in [0.5, 0.6) is 0 Å². The van der Waals surface area contributed by atoms with E-state index in [9.17, 15) is 0 Å². The minimum Gasteiger partial charge on any atom is -0.365 e. The van der Waals surface area contributed by atoms with Crippen LogP contribution in [0.1, 0.15) is 50.9 Å². The summed E-state index contributed by atoms with van der Waals surface area (Å²) in [4.78, 5) is 6.07. The average Bonchev–Trinajstić information content (AvgIpc) is 2.73. The van der Waals surface area contributed by atoms with Gasteiger partial charge in [-0.1, -0.05) is 20.8 Å². The normalized spacial score (nSPS) is 26.6. The Balaban J connectivity index is 2.33. The van der Waals surface area contributed by atoms with Crippen molar-refractivity contribution in [3.05, 3.63) is 23.5 Å². The van der Waals surface area contributed by atoms with Crippen molar-refractivity contribution in [2.75, 3.05) is 6.54 Å². The molecule has 0 spiro atoms. The van der Waals surface area contributed by atoms with E-state index in [4.69, 9.17) is 0 Å². The van der Waals surface area contributed by atoms with Crippen LogP contribution in [0, 0.1) is 0 Å². The lowest BCUT2D eigenvalue weighted by Crippen LogP contribution is -2.42. The minimum atomic E-state index is 0.634. The van der Waals surface area contributed by atoms with Crippen LogP contribution in [0.4, 0.5) is 0 Å². The van der Waals surface area contributed by atoms with Crippen molar-refractivity contribution in [2.24, 2.45) is 0 Å². The van der Waals surface area contributed by atoms with Gasteiger partial charge in [0.05, 0.1) is 0 Å². The lowest BCUT2D eigenvalue weighted by atomic mass is 9.91. The van der Waals surface area contributed by atoms with E-state index < -0.39 is 0 Å².